The van der Waals surface area contributed by atoms with Gasteiger partial charge in [0.25, 0.3) is 5.91 Å². The molecule has 3 rings (SSSR count). The summed E-state index contributed by atoms with van der Waals surface area (Å²) in [4.78, 5) is 25.6. The highest BCUT2D eigenvalue weighted by molar-refractivity contribution is 6.31. The lowest BCUT2D eigenvalue weighted by atomic mass is 10.0. The molecule has 4 nitrogen and oxygen atoms in total. The minimum atomic E-state index is -0.744. The van der Waals surface area contributed by atoms with Gasteiger partial charge < -0.3 is 10.1 Å². The van der Waals surface area contributed by atoms with Gasteiger partial charge >= 0.3 is 0 Å². The van der Waals surface area contributed by atoms with E-state index in [0.29, 0.717) is 27.6 Å². The molecule has 29 heavy (non-hydrogen) atoms. The Labute approximate surface area is 175 Å². The lowest BCUT2D eigenvalue weighted by Gasteiger charge is -2.18. The van der Waals surface area contributed by atoms with Gasteiger partial charge in [0, 0.05) is 16.1 Å². The molecule has 0 spiro atoms. The van der Waals surface area contributed by atoms with Crippen molar-refractivity contribution in [1.29, 1.82) is 0 Å². The molecule has 0 aliphatic rings. The number of rotatable bonds is 6. The molecule has 0 heterocycles. The highest BCUT2D eigenvalue weighted by Crippen LogP contribution is 2.25. The van der Waals surface area contributed by atoms with Crippen molar-refractivity contribution in [2.75, 3.05) is 5.32 Å². The third-order valence-electron chi connectivity index (χ3n) is 4.52. The molecule has 1 atom stereocenters. The van der Waals surface area contributed by atoms with Gasteiger partial charge in [0.2, 0.25) is 0 Å². The van der Waals surface area contributed by atoms with E-state index in [1.165, 1.54) is 0 Å². The fraction of sp³-hybridized carbons (Fsp3) is 0.167. The summed E-state index contributed by atoms with van der Waals surface area (Å²) in [6.45, 7) is 5.60. The van der Waals surface area contributed by atoms with Gasteiger partial charge in [-0.15, -0.1) is 0 Å². The second-order valence-electron chi connectivity index (χ2n) is 6.90. The summed E-state index contributed by atoms with van der Waals surface area (Å²) in [5.74, 6) is 0.0794. The van der Waals surface area contributed by atoms with E-state index in [1.54, 1.807) is 49.4 Å². The van der Waals surface area contributed by atoms with Crippen molar-refractivity contribution in [2.24, 2.45) is 0 Å². The van der Waals surface area contributed by atoms with Crippen molar-refractivity contribution >= 4 is 29.0 Å². The molecular weight excluding hydrogens is 386 g/mol. The quantitative estimate of drug-likeness (QED) is 0.541. The van der Waals surface area contributed by atoms with E-state index in [9.17, 15) is 9.59 Å². The van der Waals surface area contributed by atoms with E-state index in [1.807, 2.05) is 38.1 Å². The largest absolute Gasteiger partial charge is 0.481 e. The molecule has 0 aliphatic carbocycles. The Hall–Kier alpha value is -3.11. The highest BCUT2D eigenvalue weighted by atomic mass is 35.5. The van der Waals surface area contributed by atoms with Crippen LogP contribution in [0.25, 0.3) is 0 Å². The molecule has 0 fully saturated rings. The zero-order chi connectivity index (χ0) is 21.0. The molecule has 3 aromatic carbocycles. The molecule has 1 amide bonds. The molecule has 0 unspecified atom stereocenters. The SMILES string of the molecule is Cc1ccc(O[C@@H](C)C(=O)Nc2ccc(Cl)cc2C(=O)c2ccccc2)c(C)c1. The summed E-state index contributed by atoms with van der Waals surface area (Å²) >= 11 is 6.10. The van der Waals surface area contributed by atoms with Crippen LogP contribution < -0.4 is 10.1 Å². The molecule has 1 N–H and O–H groups in total. The van der Waals surface area contributed by atoms with Gasteiger partial charge in [0.15, 0.2) is 11.9 Å². The minimum Gasteiger partial charge on any atom is -0.481 e. The van der Waals surface area contributed by atoms with E-state index < -0.39 is 6.10 Å². The van der Waals surface area contributed by atoms with E-state index in [-0.39, 0.29) is 11.7 Å². The second-order valence-corrected chi connectivity index (χ2v) is 7.34. The van der Waals surface area contributed by atoms with Crippen LogP contribution in [0.15, 0.2) is 66.7 Å². The van der Waals surface area contributed by atoms with Crippen molar-refractivity contribution in [1.82, 2.24) is 0 Å². The molecule has 0 aliphatic heterocycles. The first-order valence-corrected chi connectivity index (χ1v) is 9.67. The van der Waals surface area contributed by atoms with Gasteiger partial charge in [-0.05, 0) is 50.6 Å². The number of anilines is 1. The second kappa shape index (κ2) is 8.93. The average Bonchev–Trinajstić information content (AvgIpc) is 2.71. The van der Waals surface area contributed by atoms with Crippen LogP contribution >= 0.6 is 11.6 Å². The number of hydrogen-bond acceptors (Lipinski definition) is 3. The van der Waals surface area contributed by atoms with Crippen LogP contribution in [0, 0.1) is 13.8 Å². The van der Waals surface area contributed by atoms with Gasteiger partial charge in [-0.3, -0.25) is 9.59 Å². The molecule has 3 aromatic rings. The number of ketones is 1. The fourth-order valence-corrected chi connectivity index (χ4v) is 3.14. The first-order chi connectivity index (χ1) is 13.8. The number of aryl methyl sites for hydroxylation is 2. The van der Waals surface area contributed by atoms with Crippen LogP contribution in [0.5, 0.6) is 5.75 Å². The first kappa shape index (κ1) is 20.6. The number of halogens is 1. The number of carbonyl (C=O) groups excluding carboxylic acids is 2. The molecule has 0 saturated heterocycles. The number of amides is 1. The molecule has 0 aromatic heterocycles. The summed E-state index contributed by atoms with van der Waals surface area (Å²) in [5.41, 5.74) is 3.32. The van der Waals surface area contributed by atoms with Gasteiger partial charge in [-0.1, -0.05) is 59.6 Å². The Balaban J connectivity index is 1.80. The smallest absolute Gasteiger partial charge is 0.265 e. The summed E-state index contributed by atoms with van der Waals surface area (Å²) in [6.07, 6.45) is -0.744. The van der Waals surface area contributed by atoms with E-state index in [4.69, 9.17) is 16.3 Å². The van der Waals surface area contributed by atoms with Crippen LogP contribution in [-0.2, 0) is 4.79 Å². The minimum absolute atomic E-state index is 0.216. The zero-order valence-corrected chi connectivity index (χ0v) is 17.3. The van der Waals surface area contributed by atoms with Crippen LogP contribution in [-0.4, -0.2) is 17.8 Å². The Morgan fingerprint density at radius 2 is 1.69 bits per heavy atom. The fourth-order valence-electron chi connectivity index (χ4n) is 2.97. The van der Waals surface area contributed by atoms with Crippen LogP contribution in [0.1, 0.15) is 34.0 Å². The van der Waals surface area contributed by atoms with Crippen molar-refractivity contribution in [2.45, 2.75) is 26.9 Å². The lowest BCUT2D eigenvalue weighted by Crippen LogP contribution is -2.31. The van der Waals surface area contributed by atoms with Crippen LogP contribution in [0.2, 0.25) is 5.02 Å². The molecule has 0 saturated carbocycles. The zero-order valence-electron chi connectivity index (χ0n) is 16.5. The molecule has 5 heteroatoms. The third kappa shape index (κ3) is 5.04. The summed E-state index contributed by atoms with van der Waals surface area (Å²) < 4.78 is 5.82. The van der Waals surface area contributed by atoms with Crippen molar-refractivity contribution < 1.29 is 14.3 Å². The van der Waals surface area contributed by atoms with Crippen molar-refractivity contribution in [3.05, 3.63) is 94.0 Å². The van der Waals surface area contributed by atoms with Crippen LogP contribution in [0.3, 0.4) is 0 Å². The molecule has 0 radical (unpaired) electrons. The highest BCUT2D eigenvalue weighted by Gasteiger charge is 2.20. The van der Waals surface area contributed by atoms with Gasteiger partial charge in [-0.25, -0.2) is 0 Å². The summed E-state index contributed by atoms with van der Waals surface area (Å²) in [6, 6.07) is 19.5. The van der Waals surface area contributed by atoms with Gasteiger partial charge in [-0.2, -0.15) is 0 Å². The normalized spacial score (nSPS) is 11.6. The predicted octanol–water partition coefficient (Wildman–Crippen LogP) is 5.59. The van der Waals surface area contributed by atoms with Gasteiger partial charge in [0.1, 0.15) is 5.75 Å². The predicted molar refractivity (Wildman–Crippen MR) is 116 cm³/mol. The monoisotopic (exact) mass is 407 g/mol. The number of nitrogens with one attached hydrogen (secondary N) is 1. The lowest BCUT2D eigenvalue weighted by molar-refractivity contribution is -0.122. The number of hydrogen-bond donors (Lipinski definition) is 1. The number of benzene rings is 3. The average molecular weight is 408 g/mol. The Bertz CT molecular complexity index is 1050. The molecular formula is C24H22ClNO3. The molecule has 0 bridgehead atoms. The van der Waals surface area contributed by atoms with E-state index >= 15 is 0 Å². The maximum atomic E-state index is 12.9. The van der Waals surface area contributed by atoms with E-state index in [0.717, 1.165) is 11.1 Å². The van der Waals surface area contributed by atoms with E-state index in [2.05, 4.69) is 5.32 Å². The molecule has 148 valence electrons. The maximum Gasteiger partial charge on any atom is 0.265 e. The Morgan fingerprint density at radius 1 is 0.966 bits per heavy atom. The van der Waals surface area contributed by atoms with Crippen molar-refractivity contribution in [3.63, 3.8) is 0 Å². The Kier molecular flexibility index (Phi) is 6.35. The standard InChI is InChI=1S/C24H22ClNO3/c1-15-9-12-22(16(2)13-15)29-17(3)24(28)26-21-11-10-19(25)14-20(21)23(27)18-7-5-4-6-8-18/h4-14,17H,1-3H3,(H,26,28)/t17-/m0/s1. The number of carbonyl (C=O) groups is 2. The first-order valence-electron chi connectivity index (χ1n) is 9.29. The topological polar surface area (TPSA) is 55.4 Å². The number of ether oxygens (including phenoxy) is 1. The summed E-state index contributed by atoms with van der Waals surface area (Å²) in [5, 5.41) is 3.21. The third-order valence-corrected chi connectivity index (χ3v) is 4.76. The van der Waals surface area contributed by atoms with Crippen molar-refractivity contribution in [3.8, 4) is 5.75 Å². The summed E-state index contributed by atoms with van der Waals surface area (Å²) in [7, 11) is 0. The van der Waals surface area contributed by atoms with Gasteiger partial charge in [0.05, 0.1) is 5.69 Å². The van der Waals surface area contributed by atoms with Crippen LogP contribution in [0.4, 0.5) is 5.69 Å². The maximum absolute atomic E-state index is 12.9. The Morgan fingerprint density at radius 3 is 2.38 bits per heavy atom.